The van der Waals surface area contributed by atoms with E-state index in [1.807, 2.05) is 0 Å². The summed E-state index contributed by atoms with van der Waals surface area (Å²) in [4.78, 5) is 0. The van der Waals surface area contributed by atoms with Crippen molar-refractivity contribution in [2.45, 2.75) is 47.0 Å². The quantitative estimate of drug-likeness (QED) is 0.442. The van der Waals surface area contributed by atoms with Crippen LogP contribution < -0.4 is 0 Å². The Labute approximate surface area is 77.8 Å². The molecule has 0 aromatic rings. The predicted molar refractivity (Wildman–Crippen MR) is 55.6 cm³/mol. The highest BCUT2D eigenvalue weighted by Crippen LogP contribution is 2.10. The van der Waals surface area contributed by atoms with E-state index in [2.05, 4.69) is 46.5 Å². The summed E-state index contributed by atoms with van der Waals surface area (Å²) in [5.41, 5.74) is 0.163. The summed E-state index contributed by atoms with van der Waals surface area (Å²) in [7, 11) is 0. The number of hydrogen-bond donors (Lipinski definition) is 0. The Hall–Kier alpha value is -0.440. The zero-order chi connectivity index (χ0) is 9.61. The minimum absolute atomic E-state index is 0.163. The molecule has 0 aliphatic heterocycles. The van der Waals surface area contributed by atoms with Crippen molar-refractivity contribution in [3.63, 3.8) is 0 Å². The van der Waals surface area contributed by atoms with Gasteiger partial charge in [-0.3, -0.25) is 0 Å². The molecular weight excluding hydrogens is 144 g/mol. The van der Waals surface area contributed by atoms with Crippen molar-refractivity contribution < 1.29 is 0 Å². The second kappa shape index (κ2) is 5.25. The molecule has 12 heavy (non-hydrogen) atoms. The molecule has 0 saturated carbocycles. The highest BCUT2D eigenvalue weighted by Gasteiger charge is 2.02. The van der Waals surface area contributed by atoms with Crippen molar-refractivity contribution >= 4 is 0 Å². The van der Waals surface area contributed by atoms with Crippen molar-refractivity contribution in [3.8, 4) is 11.8 Å². The van der Waals surface area contributed by atoms with Gasteiger partial charge in [0, 0.05) is 11.8 Å². The maximum Gasteiger partial charge on any atom is 0.0230 e. The van der Waals surface area contributed by atoms with E-state index in [-0.39, 0.29) is 5.41 Å². The van der Waals surface area contributed by atoms with Crippen LogP contribution in [0, 0.1) is 30.1 Å². The number of unbranched alkanes of at least 4 members (excludes halogenated alkanes) is 1. The third-order valence-electron chi connectivity index (χ3n) is 1.46. The molecular formula is C12H21. The van der Waals surface area contributed by atoms with E-state index in [1.54, 1.807) is 0 Å². The van der Waals surface area contributed by atoms with Gasteiger partial charge < -0.3 is 0 Å². The molecule has 0 heteroatoms. The predicted octanol–water partition coefficient (Wildman–Crippen LogP) is 3.68. The van der Waals surface area contributed by atoms with E-state index < -0.39 is 0 Å². The van der Waals surface area contributed by atoms with Crippen LogP contribution in [0.1, 0.15) is 47.0 Å². The molecule has 0 amide bonds. The minimum Gasteiger partial charge on any atom is -0.103 e. The lowest BCUT2D eigenvalue weighted by molar-refractivity contribution is 0.568. The van der Waals surface area contributed by atoms with Gasteiger partial charge in [-0.15, -0.1) is 5.92 Å². The van der Waals surface area contributed by atoms with Gasteiger partial charge in [-0.2, -0.15) is 0 Å². The fraction of sp³-hybridized carbons (Fsp3) is 0.750. The van der Waals surface area contributed by atoms with Gasteiger partial charge in [0.1, 0.15) is 0 Å². The summed E-state index contributed by atoms with van der Waals surface area (Å²) in [5.74, 6) is 7.00. The summed E-state index contributed by atoms with van der Waals surface area (Å²) >= 11 is 0. The first kappa shape index (κ1) is 11.6. The zero-order valence-electron chi connectivity index (χ0n) is 8.91. The monoisotopic (exact) mass is 165 g/mol. The molecule has 0 saturated heterocycles. The van der Waals surface area contributed by atoms with E-state index >= 15 is 0 Å². The molecule has 0 heterocycles. The highest BCUT2D eigenvalue weighted by molar-refractivity contribution is 5.06. The standard InChI is InChI=1S/C12H21/c1-11(2)9-7-6-8-10-12(3,4)5/h11H,1,6-7,9H2,2-5H3. The number of hydrogen-bond acceptors (Lipinski definition) is 0. The topological polar surface area (TPSA) is 0 Å². The third kappa shape index (κ3) is 9.56. The van der Waals surface area contributed by atoms with Crippen LogP contribution in [0.2, 0.25) is 0 Å². The molecule has 0 nitrogen and oxygen atoms in total. The van der Waals surface area contributed by atoms with E-state index in [0.717, 1.165) is 6.42 Å². The van der Waals surface area contributed by atoms with Crippen LogP contribution >= 0.6 is 0 Å². The van der Waals surface area contributed by atoms with Crippen molar-refractivity contribution in [1.29, 1.82) is 0 Å². The van der Waals surface area contributed by atoms with Crippen molar-refractivity contribution in [2.24, 2.45) is 11.3 Å². The summed E-state index contributed by atoms with van der Waals surface area (Å²) in [6, 6.07) is 0. The maximum absolute atomic E-state index is 3.94. The first-order valence-electron chi connectivity index (χ1n) is 4.75. The van der Waals surface area contributed by atoms with Gasteiger partial charge in [-0.1, -0.05) is 19.8 Å². The average molecular weight is 165 g/mol. The molecule has 0 aliphatic carbocycles. The van der Waals surface area contributed by atoms with E-state index in [9.17, 15) is 0 Å². The van der Waals surface area contributed by atoms with Crippen LogP contribution in [0.3, 0.4) is 0 Å². The summed E-state index contributed by atoms with van der Waals surface area (Å²) < 4.78 is 0. The molecule has 0 N–H and O–H groups in total. The summed E-state index contributed by atoms with van der Waals surface area (Å²) in [6.45, 7) is 12.5. The lowest BCUT2D eigenvalue weighted by atomic mass is 9.97. The summed E-state index contributed by atoms with van der Waals surface area (Å²) in [5, 5.41) is 0. The Kier molecular flexibility index (Phi) is 5.06. The Morgan fingerprint density at radius 1 is 1.33 bits per heavy atom. The Balaban J connectivity index is 3.47. The van der Waals surface area contributed by atoms with Gasteiger partial charge in [0.15, 0.2) is 0 Å². The first-order valence-corrected chi connectivity index (χ1v) is 4.75. The lowest BCUT2D eigenvalue weighted by Crippen LogP contribution is -1.99. The van der Waals surface area contributed by atoms with Crippen molar-refractivity contribution in [1.82, 2.24) is 0 Å². The van der Waals surface area contributed by atoms with E-state index in [1.165, 1.54) is 12.8 Å². The van der Waals surface area contributed by atoms with Gasteiger partial charge in [0.2, 0.25) is 0 Å². The van der Waals surface area contributed by atoms with Crippen LogP contribution in [0.25, 0.3) is 0 Å². The van der Waals surface area contributed by atoms with Gasteiger partial charge in [0.05, 0.1) is 0 Å². The van der Waals surface area contributed by atoms with Crippen LogP contribution in [-0.2, 0) is 0 Å². The summed E-state index contributed by atoms with van der Waals surface area (Å²) in [6.07, 6.45) is 3.41. The fourth-order valence-electron chi connectivity index (χ4n) is 0.867. The Bertz CT molecular complexity index is 159. The van der Waals surface area contributed by atoms with Crippen LogP contribution in [-0.4, -0.2) is 0 Å². The maximum atomic E-state index is 3.94. The largest absolute Gasteiger partial charge is 0.103 e. The fourth-order valence-corrected chi connectivity index (χ4v) is 0.867. The third-order valence-corrected chi connectivity index (χ3v) is 1.46. The molecule has 0 aromatic heterocycles. The lowest BCUT2D eigenvalue weighted by Gasteiger charge is -2.06. The van der Waals surface area contributed by atoms with Crippen LogP contribution in [0.15, 0.2) is 0 Å². The minimum atomic E-state index is 0.163. The number of rotatable bonds is 3. The van der Waals surface area contributed by atoms with Gasteiger partial charge in [-0.05, 0) is 39.5 Å². The van der Waals surface area contributed by atoms with Crippen molar-refractivity contribution in [3.05, 3.63) is 6.92 Å². The van der Waals surface area contributed by atoms with Crippen LogP contribution in [0.5, 0.6) is 0 Å². The molecule has 69 valence electrons. The van der Waals surface area contributed by atoms with Gasteiger partial charge in [-0.25, -0.2) is 0 Å². The second-order valence-electron chi connectivity index (χ2n) is 4.55. The molecule has 1 atom stereocenters. The SMILES string of the molecule is [CH2]C(C)CCCC#CC(C)(C)C. The molecule has 0 aliphatic rings. The van der Waals surface area contributed by atoms with E-state index in [4.69, 9.17) is 0 Å². The second-order valence-corrected chi connectivity index (χ2v) is 4.55. The van der Waals surface area contributed by atoms with Crippen molar-refractivity contribution in [2.75, 3.05) is 0 Å². The first-order chi connectivity index (χ1) is 5.42. The Morgan fingerprint density at radius 2 is 1.92 bits per heavy atom. The molecule has 0 bridgehead atoms. The average Bonchev–Trinajstić information content (AvgIpc) is 1.83. The van der Waals surface area contributed by atoms with Crippen LogP contribution in [0.4, 0.5) is 0 Å². The molecule has 0 rings (SSSR count). The van der Waals surface area contributed by atoms with Gasteiger partial charge >= 0.3 is 0 Å². The Morgan fingerprint density at radius 3 is 2.33 bits per heavy atom. The molecule has 0 aromatic carbocycles. The molecule has 1 unspecified atom stereocenters. The van der Waals surface area contributed by atoms with E-state index in [0.29, 0.717) is 5.92 Å². The molecule has 1 radical (unpaired) electrons. The molecule has 0 spiro atoms. The zero-order valence-corrected chi connectivity index (χ0v) is 8.91. The normalized spacial score (nSPS) is 11.2. The van der Waals surface area contributed by atoms with Gasteiger partial charge in [0.25, 0.3) is 0 Å². The molecule has 0 fully saturated rings. The highest BCUT2D eigenvalue weighted by atomic mass is 14.1. The smallest absolute Gasteiger partial charge is 0.0230 e.